The second-order valence-corrected chi connectivity index (χ2v) is 8.42. The molecule has 6 heteroatoms. The summed E-state index contributed by atoms with van der Waals surface area (Å²) in [4.78, 5) is 31.0. The minimum absolute atomic E-state index is 0.00670. The predicted octanol–water partition coefficient (Wildman–Crippen LogP) is 2.24. The summed E-state index contributed by atoms with van der Waals surface area (Å²) < 4.78 is 5.79. The van der Waals surface area contributed by atoms with Crippen LogP contribution in [0.3, 0.4) is 0 Å². The highest BCUT2D eigenvalue weighted by molar-refractivity contribution is 5.94. The van der Waals surface area contributed by atoms with E-state index in [0.717, 1.165) is 25.2 Å². The molecule has 2 saturated heterocycles. The molecule has 0 spiro atoms. The van der Waals surface area contributed by atoms with E-state index < -0.39 is 0 Å². The van der Waals surface area contributed by atoms with Gasteiger partial charge < -0.3 is 14.5 Å². The lowest BCUT2D eigenvalue weighted by Crippen LogP contribution is -2.51. The Kier molecular flexibility index (Phi) is 6.73. The van der Waals surface area contributed by atoms with E-state index in [-0.39, 0.29) is 29.9 Å². The smallest absolute Gasteiger partial charge is 0.253 e. The van der Waals surface area contributed by atoms with Crippen molar-refractivity contribution in [2.75, 3.05) is 39.3 Å². The maximum absolute atomic E-state index is 12.8. The van der Waals surface area contributed by atoms with Gasteiger partial charge in [-0.05, 0) is 31.5 Å². The third-order valence-corrected chi connectivity index (χ3v) is 5.47. The van der Waals surface area contributed by atoms with E-state index in [0.29, 0.717) is 26.2 Å². The maximum atomic E-state index is 12.8. The average molecular weight is 388 g/mol. The summed E-state index contributed by atoms with van der Waals surface area (Å²) in [7, 11) is 0. The number of ether oxygens (including phenoxy) is 1. The van der Waals surface area contributed by atoms with Crippen LogP contribution >= 0.6 is 0 Å². The molecule has 2 aliphatic heterocycles. The van der Waals surface area contributed by atoms with Gasteiger partial charge in [-0.3, -0.25) is 14.5 Å². The van der Waals surface area contributed by atoms with Crippen molar-refractivity contribution in [3.05, 3.63) is 35.4 Å². The molecule has 0 bridgehead atoms. The molecule has 154 valence electrons. The third kappa shape index (κ3) is 5.11. The van der Waals surface area contributed by atoms with Crippen LogP contribution in [0.1, 0.15) is 43.6 Å². The second kappa shape index (κ2) is 9.05. The number of carbonyl (C=O) groups excluding carboxylic acids is 2. The van der Waals surface area contributed by atoms with Gasteiger partial charge in [0.05, 0.1) is 12.2 Å². The molecule has 0 radical (unpaired) electrons. The Bertz CT molecular complexity index is 671. The van der Waals surface area contributed by atoms with Crippen LogP contribution in [0.2, 0.25) is 0 Å². The predicted molar refractivity (Wildman–Crippen MR) is 109 cm³/mol. The monoisotopic (exact) mass is 387 g/mol. The molecule has 2 amide bonds. The van der Waals surface area contributed by atoms with Gasteiger partial charge >= 0.3 is 0 Å². The summed E-state index contributed by atoms with van der Waals surface area (Å²) in [5, 5.41) is 0. The Balaban J connectivity index is 1.53. The van der Waals surface area contributed by atoms with Crippen LogP contribution in [0.15, 0.2) is 24.3 Å². The number of rotatable bonds is 4. The highest BCUT2D eigenvalue weighted by atomic mass is 16.5. The lowest BCUT2D eigenvalue weighted by molar-refractivity contribution is -0.135. The molecule has 1 aromatic carbocycles. The van der Waals surface area contributed by atoms with Gasteiger partial charge in [-0.1, -0.05) is 26.0 Å². The molecule has 0 aromatic heterocycles. The van der Waals surface area contributed by atoms with Gasteiger partial charge in [0.1, 0.15) is 0 Å². The summed E-state index contributed by atoms with van der Waals surface area (Å²) >= 11 is 0. The summed E-state index contributed by atoms with van der Waals surface area (Å²) in [6, 6.07) is 7.96. The molecule has 0 aliphatic carbocycles. The van der Waals surface area contributed by atoms with E-state index in [1.54, 1.807) is 0 Å². The van der Waals surface area contributed by atoms with Crippen molar-refractivity contribution in [2.24, 2.45) is 5.92 Å². The number of hydrogen-bond donors (Lipinski definition) is 0. The maximum Gasteiger partial charge on any atom is 0.253 e. The van der Waals surface area contributed by atoms with Gasteiger partial charge in [0, 0.05) is 57.3 Å². The standard InChI is InChI=1S/C22H33N3O3/c1-16(2)21(26)24-9-11-25(12-10-24)22(27)20-7-5-19(6-8-20)15-23-13-17(3)28-18(4)14-23/h5-8,16-18H,9-15H2,1-4H3. The van der Waals surface area contributed by atoms with Crippen LogP contribution in [0, 0.1) is 5.92 Å². The van der Waals surface area contributed by atoms with Crippen molar-refractivity contribution in [1.29, 1.82) is 0 Å². The number of carbonyl (C=O) groups is 2. The minimum atomic E-state index is 0.00670. The zero-order valence-electron chi connectivity index (χ0n) is 17.6. The number of amides is 2. The summed E-state index contributed by atoms with van der Waals surface area (Å²) in [6.07, 6.45) is 0.511. The minimum Gasteiger partial charge on any atom is -0.373 e. The fourth-order valence-electron chi connectivity index (χ4n) is 4.10. The molecule has 2 unspecified atom stereocenters. The van der Waals surface area contributed by atoms with Crippen molar-refractivity contribution >= 4 is 11.8 Å². The molecule has 2 aliphatic rings. The first-order valence-electron chi connectivity index (χ1n) is 10.4. The molecule has 2 fully saturated rings. The average Bonchev–Trinajstić information content (AvgIpc) is 2.66. The molecular weight excluding hydrogens is 354 g/mol. The van der Waals surface area contributed by atoms with E-state index in [1.807, 2.05) is 35.8 Å². The van der Waals surface area contributed by atoms with E-state index in [9.17, 15) is 9.59 Å². The van der Waals surface area contributed by atoms with Crippen molar-refractivity contribution in [1.82, 2.24) is 14.7 Å². The molecule has 2 atom stereocenters. The normalized spacial score (nSPS) is 23.9. The van der Waals surface area contributed by atoms with Gasteiger partial charge in [0.25, 0.3) is 5.91 Å². The fourth-order valence-corrected chi connectivity index (χ4v) is 4.10. The number of piperazine rings is 1. The quantitative estimate of drug-likeness (QED) is 0.795. The summed E-state index contributed by atoms with van der Waals surface area (Å²) in [6.45, 7) is 13.2. The third-order valence-electron chi connectivity index (χ3n) is 5.47. The summed E-state index contributed by atoms with van der Waals surface area (Å²) in [5.74, 6) is 0.229. The van der Waals surface area contributed by atoms with Crippen LogP contribution in [-0.2, 0) is 16.1 Å². The largest absolute Gasteiger partial charge is 0.373 e. The van der Waals surface area contributed by atoms with Crippen molar-refractivity contribution in [3.63, 3.8) is 0 Å². The van der Waals surface area contributed by atoms with Crippen LogP contribution < -0.4 is 0 Å². The molecule has 3 rings (SSSR count). The Labute approximate surface area is 168 Å². The van der Waals surface area contributed by atoms with Crippen LogP contribution in [0.25, 0.3) is 0 Å². The first-order valence-corrected chi connectivity index (χ1v) is 10.4. The molecule has 6 nitrogen and oxygen atoms in total. The van der Waals surface area contributed by atoms with E-state index >= 15 is 0 Å². The lowest BCUT2D eigenvalue weighted by atomic mass is 10.1. The summed E-state index contributed by atoms with van der Waals surface area (Å²) in [5.41, 5.74) is 1.93. The van der Waals surface area contributed by atoms with Gasteiger partial charge in [0.2, 0.25) is 5.91 Å². The van der Waals surface area contributed by atoms with Crippen molar-refractivity contribution in [2.45, 2.75) is 46.4 Å². The van der Waals surface area contributed by atoms with E-state index in [1.165, 1.54) is 5.56 Å². The number of morpholine rings is 1. The molecular formula is C22H33N3O3. The number of nitrogens with zero attached hydrogens (tertiary/aromatic N) is 3. The van der Waals surface area contributed by atoms with E-state index in [2.05, 4.69) is 30.9 Å². The molecule has 0 saturated carbocycles. The van der Waals surface area contributed by atoms with Crippen molar-refractivity contribution in [3.8, 4) is 0 Å². The number of benzene rings is 1. The Morgan fingerprint density at radius 2 is 1.50 bits per heavy atom. The Morgan fingerprint density at radius 1 is 0.964 bits per heavy atom. The van der Waals surface area contributed by atoms with Gasteiger partial charge in [-0.25, -0.2) is 0 Å². The first kappa shape index (κ1) is 20.8. The van der Waals surface area contributed by atoms with Crippen LogP contribution in [0.4, 0.5) is 0 Å². The Morgan fingerprint density at radius 3 is 2.04 bits per heavy atom. The highest BCUT2D eigenvalue weighted by Crippen LogP contribution is 2.16. The Hall–Kier alpha value is -1.92. The van der Waals surface area contributed by atoms with Crippen LogP contribution in [0.5, 0.6) is 0 Å². The highest BCUT2D eigenvalue weighted by Gasteiger charge is 2.26. The SMILES string of the molecule is CC1CN(Cc2ccc(C(=O)N3CCN(C(=O)C(C)C)CC3)cc2)CC(C)O1. The van der Waals surface area contributed by atoms with Crippen LogP contribution in [-0.4, -0.2) is 78.0 Å². The van der Waals surface area contributed by atoms with Gasteiger partial charge in [-0.15, -0.1) is 0 Å². The van der Waals surface area contributed by atoms with Crippen molar-refractivity contribution < 1.29 is 14.3 Å². The lowest BCUT2D eigenvalue weighted by Gasteiger charge is -2.36. The van der Waals surface area contributed by atoms with E-state index in [4.69, 9.17) is 4.74 Å². The van der Waals surface area contributed by atoms with Gasteiger partial charge in [-0.2, -0.15) is 0 Å². The zero-order valence-corrected chi connectivity index (χ0v) is 17.6. The second-order valence-electron chi connectivity index (χ2n) is 8.42. The molecule has 2 heterocycles. The zero-order chi connectivity index (χ0) is 20.3. The first-order chi connectivity index (χ1) is 13.3. The molecule has 28 heavy (non-hydrogen) atoms. The fraction of sp³-hybridized carbons (Fsp3) is 0.636. The molecule has 1 aromatic rings. The van der Waals surface area contributed by atoms with Gasteiger partial charge in [0.15, 0.2) is 0 Å². The molecule has 0 N–H and O–H groups in total. The number of hydrogen-bond acceptors (Lipinski definition) is 4. The topological polar surface area (TPSA) is 53.1 Å².